The van der Waals surface area contributed by atoms with Crippen molar-refractivity contribution >= 4 is 5.69 Å². The van der Waals surface area contributed by atoms with Crippen LogP contribution in [0.1, 0.15) is 29.7 Å². The van der Waals surface area contributed by atoms with Crippen LogP contribution in [-0.4, -0.2) is 36.0 Å². The maximum Gasteiger partial charge on any atom is 0.216 e. The number of ether oxygens (including phenoxy) is 1. The van der Waals surface area contributed by atoms with Gasteiger partial charge in [0.05, 0.1) is 35.7 Å². The zero-order valence-corrected chi connectivity index (χ0v) is 15.4. The molecule has 1 fully saturated rings. The lowest BCUT2D eigenvalue weighted by atomic mass is 10.0. The van der Waals surface area contributed by atoms with Crippen LogP contribution in [0.4, 0.5) is 10.1 Å². The quantitative estimate of drug-likeness (QED) is 0.891. The Morgan fingerprint density at radius 3 is 2.96 bits per heavy atom. The van der Waals surface area contributed by atoms with Crippen LogP contribution in [0.15, 0.2) is 18.2 Å². The molecular formula is C19H24FN5O. The van der Waals surface area contributed by atoms with Crippen molar-refractivity contribution in [3.05, 3.63) is 40.8 Å². The number of benzene rings is 1. The molecule has 1 aromatic carbocycles. The number of nitrogens with zero attached hydrogens (tertiary/aromatic N) is 4. The van der Waals surface area contributed by atoms with E-state index in [1.807, 2.05) is 24.9 Å². The SMILES string of the molecule is COc1c(CN[C@H]2CCCN(c3ccc(C#N)cc3F)C2)c(C)nn1C. The molecule has 138 valence electrons. The highest BCUT2D eigenvalue weighted by atomic mass is 19.1. The summed E-state index contributed by atoms with van der Waals surface area (Å²) < 4.78 is 21.5. The maximum atomic E-state index is 14.3. The Bertz CT molecular complexity index is 826. The van der Waals surface area contributed by atoms with Crippen LogP contribution in [0.3, 0.4) is 0 Å². The van der Waals surface area contributed by atoms with Gasteiger partial charge in [-0.2, -0.15) is 10.4 Å². The molecule has 0 amide bonds. The molecule has 2 aromatic rings. The number of nitriles is 1. The summed E-state index contributed by atoms with van der Waals surface area (Å²) in [6.45, 7) is 4.18. The number of aromatic nitrogens is 2. The van der Waals surface area contributed by atoms with Crippen LogP contribution >= 0.6 is 0 Å². The Kier molecular flexibility index (Phi) is 5.43. The summed E-state index contributed by atoms with van der Waals surface area (Å²) in [4.78, 5) is 2.05. The molecule has 1 aromatic heterocycles. The fourth-order valence-corrected chi connectivity index (χ4v) is 3.58. The van der Waals surface area contributed by atoms with Crippen molar-refractivity contribution in [2.75, 3.05) is 25.1 Å². The van der Waals surface area contributed by atoms with Crippen LogP contribution in [-0.2, 0) is 13.6 Å². The minimum atomic E-state index is -0.338. The van der Waals surface area contributed by atoms with Crippen molar-refractivity contribution in [3.63, 3.8) is 0 Å². The van der Waals surface area contributed by atoms with Gasteiger partial charge in [-0.1, -0.05) is 0 Å². The number of nitrogens with one attached hydrogen (secondary N) is 1. The largest absolute Gasteiger partial charge is 0.481 e. The Hall–Kier alpha value is -2.59. The van der Waals surface area contributed by atoms with Gasteiger partial charge in [-0.15, -0.1) is 0 Å². The van der Waals surface area contributed by atoms with Gasteiger partial charge in [0, 0.05) is 32.7 Å². The monoisotopic (exact) mass is 357 g/mol. The average Bonchev–Trinajstić information content (AvgIpc) is 2.92. The lowest BCUT2D eigenvalue weighted by Crippen LogP contribution is -2.45. The zero-order chi connectivity index (χ0) is 18.7. The van der Waals surface area contributed by atoms with Crippen LogP contribution < -0.4 is 15.0 Å². The molecule has 3 rings (SSSR count). The Labute approximate surface area is 153 Å². The van der Waals surface area contributed by atoms with E-state index in [2.05, 4.69) is 10.4 Å². The van der Waals surface area contributed by atoms with E-state index in [0.717, 1.165) is 43.1 Å². The second-order valence-corrected chi connectivity index (χ2v) is 6.64. The van der Waals surface area contributed by atoms with E-state index in [-0.39, 0.29) is 11.9 Å². The first-order valence-electron chi connectivity index (χ1n) is 8.78. The van der Waals surface area contributed by atoms with Crippen molar-refractivity contribution in [2.45, 2.75) is 32.4 Å². The molecule has 0 unspecified atom stereocenters. The molecule has 1 atom stereocenters. The molecule has 0 spiro atoms. The van der Waals surface area contributed by atoms with Gasteiger partial charge in [0.1, 0.15) is 5.82 Å². The first-order chi connectivity index (χ1) is 12.5. The van der Waals surface area contributed by atoms with Crippen LogP contribution in [0, 0.1) is 24.1 Å². The van der Waals surface area contributed by atoms with E-state index in [9.17, 15) is 4.39 Å². The first kappa shape index (κ1) is 18.2. The van der Waals surface area contributed by atoms with Crippen LogP contribution in [0.25, 0.3) is 0 Å². The molecule has 1 N–H and O–H groups in total. The molecule has 6 nitrogen and oxygen atoms in total. The molecule has 1 aliphatic heterocycles. The predicted octanol–water partition coefficient (Wildman–Crippen LogP) is 2.51. The summed E-state index contributed by atoms with van der Waals surface area (Å²) in [6.07, 6.45) is 2.02. The Balaban J connectivity index is 1.67. The lowest BCUT2D eigenvalue weighted by Gasteiger charge is -2.35. The van der Waals surface area contributed by atoms with Gasteiger partial charge >= 0.3 is 0 Å². The Morgan fingerprint density at radius 2 is 2.27 bits per heavy atom. The summed E-state index contributed by atoms with van der Waals surface area (Å²) in [7, 11) is 3.52. The summed E-state index contributed by atoms with van der Waals surface area (Å²) >= 11 is 0. The molecule has 7 heteroatoms. The van der Waals surface area contributed by atoms with Crippen molar-refractivity contribution in [1.29, 1.82) is 5.26 Å². The predicted molar refractivity (Wildman–Crippen MR) is 97.7 cm³/mol. The van der Waals surface area contributed by atoms with E-state index < -0.39 is 0 Å². The van der Waals surface area contributed by atoms with E-state index in [1.54, 1.807) is 23.9 Å². The number of piperidine rings is 1. The van der Waals surface area contributed by atoms with Gasteiger partial charge in [-0.25, -0.2) is 9.07 Å². The Morgan fingerprint density at radius 1 is 1.46 bits per heavy atom. The third kappa shape index (κ3) is 3.65. The third-order valence-electron chi connectivity index (χ3n) is 4.89. The standard InChI is InChI=1S/C19H24FN5O/c1-13-16(19(26-3)24(2)23-13)11-22-15-5-4-8-25(12-15)18-7-6-14(10-21)9-17(18)20/h6-7,9,15,22H,4-5,8,11-12H2,1-3H3/t15-/m0/s1. The van der Waals surface area contributed by atoms with Gasteiger partial charge in [-0.05, 0) is 38.0 Å². The number of halogens is 1. The highest BCUT2D eigenvalue weighted by molar-refractivity contribution is 5.51. The third-order valence-corrected chi connectivity index (χ3v) is 4.89. The number of anilines is 1. The molecule has 2 heterocycles. The van der Waals surface area contributed by atoms with Crippen molar-refractivity contribution in [1.82, 2.24) is 15.1 Å². The molecule has 1 saturated heterocycles. The topological polar surface area (TPSA) is 66.1 Å². The second kappa shape index (κ2) is 7.75. The summed E-state index contributed by atoms with van der Waals surface area (Å²) in [5.41, 5.74) is 2.90. The average molecular weight is 357 g/mol. The van der Waals surface area contributed by atoms with Crippen LogP contribution in [0.2, 0.25) is 0 Å². The molecule has 0 aliphatic carbocycles. The molecule has 1 aliphatic rings. The number of aryl methyl sites for hydroxylation is 2. The fourth-order valence-electron chi connectivity index (χ4n) is 3.58. The summed E-state index contributed by atoms with van der Waals surface area (Å²) in [5.74, 6) is 0.426. The normalized spacial score (nSPS) is 17.2. The molecular weight excluding hydrogens is 333 g/mol. The minimum Gasteiger partial charge on any atom is -0.481 e. The van der Waals surface area contributed by atoms with E-state index in [0.29, 0.717) is 17.8 Å². The van der Waals surface area contributed by atoms with Gasteiger partial charge in [0.2, 0.25) is 5.88 Å². The van der Waals surface area contributed by atoms with E-state index >= 15 is 0 Å². The van der Waals surface area contributed by atoms with Crippen molar-refractivity contribution in [3.8, 4) is 11.9 Å². The van der Waals surface area contributed by atoms with E-state index in [4.69, 9.17) is 10.00 Å². The van der Waals surface area contributed by atoms with Gasteiger partial charge in [0.15, 0.2) is 0 Å². The fraction of sp³-hybridized carbons (Fsp3) is 0.474. The van der Waals surface area contributed by atoms with Gasteiger partial charge in [-0.3, -0.25) is 0 Å². The summed E-state index contributed by atoms with van der Waals surface area (Å²) in [5, 5.41) is 16.9. The van der Waals surface area contributed by atoms with E-state index in [1.165, 1.54) is 6.07 Å². The highest BCUT2D eigenvalue weighted by Gasteiger charge is 2.23. The number of rotatable bonds is 5. The number of hydrogen-bond acceptors (Lipinski definition) is 5. The molecule has 26 heavy (non-hydrogen) atoms. The molecule has 0 bridgehead atoms. The molecule has 0 radical (unpaired) electrons. The zero-order valence-electron chi connectivity index (χ0n) is 15.4. The van der Waals surface area contributed by atoms with Crippen molar-refractivity contribution < 1.29 is 9.13 Å². The van der Waals surface area contributed by atoms with Crippen LogP contribution in [0.5, 0.6) is 5.88 Å². The first-order valence-corrected chi connectivity index (χ1v) is 8.78. The maximum absolute atomic E-state index is 14.3. The minimum absolute atomic E-state index is 0.253. The highest BCUT2D eigenvalue weighted by Crippen LogP contribution is 2.25. The number of methoxy groups -OCH3 is 1. The van der Waals surface area contributed by atoms with Gasteiger partial charge in [0.25, 0.3) is 0 Å². The lowest BCUT2D eigenvalue weighted by molar-refractivity contribution is 0.363. The molecule has 0 saturated carbocycles. The number of hydrogen-bond donors (Lipinski definition) is 1. The van der Waals surface area contributed by atoms with Crippen molar-refractivity contribution in [2.24, 2.45) is 7.05 Å². The van der Waals surface area contributed by atoms with Gasteiger partial charge < -0.3 is 15.0 Å². The smallest absolute Gasteiger partial charge is 0.216 e. The second-order valence-electron chi connectivity index (χ2n) is 6.64. The summed E-state index contributed by atoms with van der Waals surface area (Å²) in [6, 6.07) is 6.89.